The van der Waals surface area contributed by atoms with E-state index in [4.69, 9.17) is 4.42 Å². The second-order valence-corrected chi connectivity index (χ2v) is 4.82. The molecule has 96 valence electrons. The van der Waals surface area contributed by atoms with Crippen molar-refractivity contribution in [3.8, 4) is 22.5 Å². The van der Waals surface area contributed by atoms with Crippen LogP contribution in [0, 0.1) is 0 Å². The molecule has 2 nitrogen and oxygen atoms in total. The van der Waals surface area contributed by atoms with Gasteiger partial charge in [0.25, 0.3) is 0 Å². The minimum Gasteiger partial charge on any atom is -0.464 e. The minimum atomic E-state index is 0.899. The van der Waals surface area contributed by atoms with Gasteiger partial charge in [0.15, 0.2) is 0 Å². The van der Waals surface area contributed by atoms with Crippen LogP contribution in [0.25, 0.3) is 28.0 Å². The summed E-state index contributed by atoms with van der Waals surface area (Å²) in [4.78, 5) is 0. The van der Waals surface area contributed by atoms with Crippen molar-refractivity contribution >= 4 is 5.52 Å². The summed E-state index contributed by atoms with van der Waals surface area (Å²) < 4.78 is 7.60. The quantitative estimate of drug-likeness (QED) is 0.502. The van der Waals surface area contributed by atoms with Gasteiger partial charge in [0, 0.05) is 29.0 Å². The number of pyridine rings is 1. The van der Waals surface area contributed by atoms with Crippen molar-refractivity contribution in [1.29, 1.82) is 0 Å². The first-order valence-corrected chi connectivity index (χ1v) is 6.61. The number of fused-ring (bicyclic) bond motifs is 1. The standard InChI is InChI=1S/C18H13NO/c1-2-9-19-13-16(12-17(19)7-1)14-5-3-6-15(11-14)18-8-4-10-20-18/h1-13H. The maximum absolute atomic E-state index is 5.46. The second-order valence-electron chi connectivity index (χ2n) is 4.82. The van der Waals surface area contributed by atoms with Crippen LogP contribution in [0.3, 0.4) is 0 Å². The number of aromatic nitrogens is 1. The van der Waals surface area contributed by atoms with Crippen molar-refractivity contribution < 1.29 is 4.42 Å². The highest BCUT2D eigenvalue weighted by atomic mass is 16.3. The van der Waals surface area contributed by atoms with Gasteiger partial charge >= 0.3 is 0 Å². The lowest BCUT2D eigenvalue weighted by Gasteiger charge is -2.01. The third kappa shape index (κ3) is 1.82. The summed E-state index contributed by atoms with van der Waals surface area (Å²) in [5.74, 6) is 0.899. The van der Waals surface area contributed by atoms with Gasteiger partial charge in [-0.15, -0.1) is 0 Å². The van der Waals surface area contributed by atoms with Crippen molar-refractivity contribution in [3.05, 3.63) is 79.3 Å². The molecule has 3 heterocycles. The number of rotatable bonds is 2. The number of furan rings is 1. The molecule has 0 amide bonds. The van der Waals surface area contributed by atoms with E-state index in [0.29, 0.717) is 0 Å². The highest BCUT2D eigenvalue weighted by Crippen LogP contribution is 2.28. The van der Waals surface area contributed by atoms with Crippen LogP contribution in [0.15, 0.2) is 83.7 Å². The van der Waals surface area contributed by atoms with Crippen LogP contribution in [0.1, 0.15) is 0 Å². The molecule has 0 bridgehead atoms. The number of benzene rings is 1. The van der Waals surface area contributed by atoms with Gasteiger partial charge in [0.05, 0.1) is 6.26 Å². The van der Waals surface area contributed by atoms with Gasteiger partial charge in [-0.2, -0.15) is 0 Å². The molecule has 0 saturated heterocycles. The molecular weight excluding hydrogens is 246 g/mol. The van der Waals surface area contributed by atoms with Gasteiger partial charge in [0.2, 0.25) is 0 Å². The Labute approximate surface area is 116 Å². The average Bonchev–Trinajstić information content (AvgIpc) is 3.16. The summed E-state index contributed by atoms with van der Waals surface area (Å²) in [5.41, 5.74) is 4.71. The molecule has 0 fully saturated rings. The zero-order valence-electron chi connectivity index (χ0n) is 10.9. The fraction of sp³-hybridized carbons (Fsp3) is 0. The molecule has 0 atom stereocenters. The molecule has 0 aliphatic carbocycles. The molecule has 4 rings (SSSR count). The lowest BCUT2D eigenvalue weighted by Crippen LogP contribution is -1.78. The maximum Gasteiger partial charge on any atom is 0.133 e. The molecule has 2 heteroatoms. The third-order valence-corrected chi connectivity index (χ3v) is 3.51. The van der Waals surface area contributed by atoms with Gasteiger partial charge in [-0.3, -0.25) is 0 Å². The molecule has 0 radical (unpaired) electrons. The topological polar surface area (TPSA) is 17.6 Å². The molecule has 20 heavy (non-hydrogen) atoms. The lowest BCUT2D eigenvalue weighted by molar-refractivity contribution is 0.582. The molecule has 0 saturated carbocycles. The molecule has 3 aromatic heterocycles. The number of nitrogens with zero attached hydrogens (tertiary/aromatic N) is 1. The predicted molar refractivity (Wildman–Crippen MR) is 80.5 cm³/mol. The van der Waals surface area contributed by atoms with Gasteiger partial charge in [0.1, 0.15) is 5.76 Å². The van der Waals surface area contributed by atoms with Gasteiger partial charge in [-0.05, 0) is 42.0 Å². The SMILES string of the molecule is c1cc(-c2cc3ccccn3c2)cc(-c2ccco2)c1. The number of hydrogen-bond donors (Lipinski definition) is 0. The average molecular weight is 259 g/mol. The van der Waals surface area contributed by atoms with Crippen LogP contribution in [0.5, 0.6) is 0 Å². The van der Waals surface area contributed by atoms with Crippen LogP contribution in [0.4, 0.5) is 0 Å². The van der Waals surface area contributed by atoms with E-state index in [1.54, 1.807) is 6.26 Å². The Bertz CT molecular complexity index is 823. The predicted octanol–water partition coefficient (Wildman–Crippen LogP) is 4.87. The Kier molecular flexibility index (Phi) is 2.46. The maximum atomic E-state index is 5.46. The molecule has 0 spiro atoms. The Morgan fingerprint density at radius 1 is 0.750 bits per heavy atom. The van der Waals surface area contributed by atoms with Gasteiger partial charge in [-0.1, -0.05) is 24.3 Å². The molecule has 4 aromatic rings. The largest absolute Gasteiger partial charge is 0.464 e. The first kappa shape index (κ1) is 11.1. The number of hydrogen-bond acceptors (Lipinski definition) is 1. The van der Waals surface area contributed by atoms with E-state index in [1.165, 1.54) is 16.6 Å². The van der Waals surface area contributed by atoms with Crippen LogP contribution in [-0.2, 0) is 0 Å². The molecule has 0 aliphatic heterocycles. The van der Waals surface area contributed by atoms with E-state index >= 15 is 0 Å². The summed E-state index contributed by atoms with van der Waals surface area (Å²) in [6, 6.07) is 20.7. The highest BCUT2D eigenvalue weighted by molar-refractivity contribution is 5.74. The van der Waals surface area contributed by atoms with Crippen molar-refractivity contribution in [1.82, 2.24) is 4.40 Å². The van der Waals surface area contributed by atoms with E-state index < -0.39 is 0 Å². The van der Waals surface area contributed by atoms with Crippen LogP contribution in [0.2, 0.25) is 0 Å². The first-order chi connectivity index (χ1) is 9.90. The first-order valence-electron chi connectivity index (χ1n) is 6.61. The van der Waals surface area contributed by atoms with Crippen molar-refractivity contribution in [3.63, 3.8) is 0 Å². The van der Waals surface area contributed by atoms with E-state index in [2.05, 4.69) is 59.3 Å². The Morgan fingerprint density at radius 3 is 2.55 bits per heavy atom. The Balaban J connectivity index is 1.84. The van der Waals surface area contributed by atoms with Crippen molar-refractivity contribution in [2.75, 3.05) is 0 Å². The van der Waals surface area contributed by atoms with Crippen LogP contribution in [-0.4, -0.2) is 4.40 Å². The zero-order valence-corrected chi connectivity index (χ0v) is 10.9. The Morgan fingerprint density at radius 2 is 1.70 bits per heavy atom. The van der Waals surface area contributed by atoms with Crippen molar-refractivity contribution in [2.24, 2.45) is 0 Å². The highest BCUT2D eigenvalue weighted by Gasteiger charge is 2.05. The second kappa shape index (κ2) is 4.42. The molecule has 0 N–H and O–H groups in total. The van der Waals surface area contributed by atoms with Gasteiger partial charge < -0.3 is 8.82 Å². The lowest BCUT2D eigenvalue weighted by atomic mass is 10.0. The summed E-state index contributed by atoms with van der Waals surface area (Å²) in [6.45, 7) is 0. The normalized spacial score (nSPS) is 11.0. The molecule has 0 aliphatic rings. The molecule has 0 unspecified atom stereocenters. The van der Waals surface area contributed by atoms with Crippen molar-refractivity contribution in [2.45, 2.75) is 0 Å². The van der Waals surface area contributed by atoms with E-state index in [9.17, 15) is 0 Å². The monoisotopic (exact) mass is 259 g/mol. The van der Waals surface area contributed by atoms with Crippen LogP contribution < -0.4 is 0 Å². The molecular formula is C18H13NO. The smallest absolute Gasteiger partial charge is 0.133 e. The fourth-order valence-electron chi connectivity index (χ4n) is 2.51. The van der Waals surface area contributed by atoms with Crippen LogP contribution >= 0.6 is 0 Å². The minimum absolute atomic E-state index is 0.899. The third-order valence-electron chi connectivity index (χ3n) is 3.51. The molecule has 1 aromatic carbocycles. The van der Waals surface area contributed by atoms with Gasteiger partial charge in [-0.25, -0.2) is 0 Å². The summed E-state index contributed by atoms with van der Waals surface area (Å²) in [6.07, 6.45) is 5.92. The summed E-state index contributed by atoms with van der Waals surface area (Å²) in [7, 11) is 0. The summed E-state index contributed by atoms with van der Waals surface area (Å²) >= 11 is 0. The van der Waals surface area contributed by atoms with E-state index in [0.717, 1.165) is 11.3 Å². The summed E-state index contributed by atoms with van der Waals surface area (Å²) in [5, 5.41) is 0. The zero-order chi connectivity index (χ0) is 13.4. The van der Waals surface area contributed by atoms with E-state index in [-0.39, 0.29) is 0 Å². The van der Waals surface area contributed by atoms with E-state index in [1.807, 2.05) is 18.2 Å². The fourth-order valence-corrected chi connectivity index (χ4v) is 2.51. The Hall–Kier alpha value is -2.74.